The van der Waals surface area contributed by atoms with Crippen LogP contribution in [0.2, 0.25) is 0 Å². The van der Waals surface area contributed by atoms with Crippen molar-refractivity contribution in [3.8, 4) is 17.2 Å². The van der Waals surface area contributed by atoms with Crippen molar-refractivity contribution in [1.82, 2.24) is 9.36 Å². The first kappa shape index (κ1) is 17.6. The molecule has 0 N–H and O–H groups in total. The van der Waals surface area contributed by atoms with Gasteiger partial charge in [-0.3, -0.25) is 4.98 Å². The number of nitriles is 1. The Balaban J connectivity index is 1.58. The third kappa shape index (κ3) is 3.43. The van der Waals surface area contributed by atoms with Gasteiger partial charge in [0.1, 0.15) is 0 Å². The van der Waals surface area contributed by atoms with E-state index in [0.717, 1.165) is 23.2 Å². The second kappa shape index (κ2) is 7.46. The molecule has 1 aromatic carbocycles. The lowest BCUT2D eigenvalue weighted by Crippen LogP contribution is -2.24. The summed E-state index contributed by atoms with van der Waals surface area (Å²) < 4.78 is 4.65. The molecule has 0 amide bonds. The van der Waals surface area contributed by atoms with E-state index >= 15 is 0 Å². The van der Waals surface area contributed by atoms with Gasteiger partial charge in [0.2, 0.25) is 0 Å². The van der Waals surface area contributed by atoms with Gasteiger partial charge in [-0.05, 0) is 53.6 Å². The van der Waals surface area contributed by atoms with Crippen LogP contribution in [-0.4, -0.2) is 9.36 Å². The van der Waals surface area contributed by atoms with E-state index in [0.29, 0.717) is 23.3 Å². The Bertz CT molecular complexity index is 1010. The highest BCUT2D eigenvalue weighted by Gasteiger charge is 2.31. The van der Waals surface area contributed by atoms with Gasteiger partial charge in [-0.1, -0.05) is 44.2 Å². The normalized spacial score (nSPS) is 21.7. The minimum absolute atomic E-state index is 0.343. The van der Waals surface area contributed by atoms with Gasteiger partial charge in [-0.15, -0.1) is 0 Å². The van der Waals surface area contributed by atoms with E-state index in [1.54, 1.807) is 11.5 Å². The van der Waals surface area contributed by atoms with Crippen LogP contribution in [-0.2, 0) is 6.42 Å². The number of hydrogen-bond acceptors (Lipinski definition) is 4. The number of fused-ring (bicyclic) bond motifs is 1. The molecule has 0 bridgehead atoms. The van der Waals surface area contributed by atoms with Gasteiger partial charge < -0.3 is 0 Å². The first-order valence-corrected chi connectivity index (χ1v) is 10.1. The van der Waals surface area contributed by atoms with E-state index in [9.17, 15) is 5.26 Å². The Labute approximate surface area is 164 Å². The Morgan fingerprint density at radius 1 is 1.19 bits per heavy atom. The van der Waals surface area contributed by atoms with Gasteiger partial charge in [-0.2, -0.15) is 9.64 Å². The third-order valence-corrected chi connectivity index (χ3v) is 6.31. The predicted molar refractivity (Wildman–Crippen MR) is 110 cm³/mol. The van der Waals surface area contributed by atoms with Crippen LogP contribution in [0.3, 0.4) is 0 Å². The summed E-state index contributed by atoms with van der Waals surface area (Å²) in [5.74, 6) is 1.56. The lowest BCUT2D eigenvalue weighted by Gasteiger charge is -2.31. The van der Waals surface area contributed by atoms with Crippen LogP contribution in [0, 0.1) is 23.2 Å². The molecule has 0 saturated carbocycles. The molecule has 3 atom stereocenters. The van der Waals surface area contributed by atoms with Crippen LogP contribution in [0.4, 0.5) is 0 Å². The van der Waals surface area contributed by atoms with E-state index in [-0.39, 0.29) is 0 Å². The summed E-state index contributed by atoms with van der Waals surface area (Å²) in [5, 5.41) is 11.5. The van der Waals surface area contributed by atoms with Crippen LogP contribution in [0.5, 0.6) is 0 Å². The largest absolute Gasteiger partial charge is 0.256 e. The molecule has 0 fully saturated rings. The van der Waals surface area contributed by atoms with Crippen LogP contribution in [0.25, 0.3) is 17.2 Å². The smallest absolute Gasteiger partial charge is 0.0998 e. The van der Waals surface area contributed by atoms with Gasteiger partial charge in [0.15, 0.2) is 0 Å². The van der Waals surface area contributed by atoms with Crippen molar-refractivity contribution >= 4 is 17.6 Å². The number of benzene rings is 1. The maximum absolute atomic E-state index is 9.28. The average Bonchev–Trinajstić information content (AvgIpc) is 3.16. The number of rotatable bonds is 3. The Morgan fingerprint density at radius 3 is 2.81 bits per heavy atom. The lowest BCUT2D eigenvalue weighted by atomic mass is 9.73. The molecule has 1 aliphatic carbocycles. The van der Waals surface area contributed by atoms with Crippen LogP contribution >= 0.6 is 11.5 Å². The monoisotopic (exact) mass is 371 g/mol. The van der Waals surface area contributed by atoms with Crippen molar-refractivity contribution in [2.45, 2.75) is 26.2 Å². The zero-order valence-electron chi connectivity index (χ0n) is 15.5. The highest BCUT2D eigenvalue weighted by molar-refractivity contribution is 7.03. The fourth-order valence-corrected chi connectivity index (χ4v) is 4.54. The zero-order chi connectivity index (χ0) is 18.8. The maximum atomic E-state index is 9.28. The summed E-state index contributed by atoms with van der Waals surface area (Å²) in [7, 11) is 0. The number of pyridine rings is 1. The van der Waals surface area contributed by atoms with E-state index in [1.165, 1.54) is 11.3 Å². The molecule has 134 valence electrons. The summed E-state index contributed by atoms with van der Waals surface area (Å²) in [6, 6.07) is 13.9. The van der Waals surface area contributed by atoms with Crippen LogP contribution in [0.15, 0.2) is 54.1 Å². The Morgan fingerprint density at radius 2 is 2.04 bits per heavy atom. The van der Waals surface area contributed by atoms with Gasteiger partial charge in [-0.25, -0.2) is 0 Å². The minimum atomic E-state index is 0.343. The van der Waals surface area contributed by atoms with E-state index in [1.807, 2.05) is 42.6 Å². The molecule has 4 heteroatoms. The molecule has 4 rings (SSSR count). The SMILES string of the molecule is C[C@H]1[C@H](/C=C/c2ccc(-c3ccccc3C#N)cn2)c2nscc2C[C@@H]1C. The highest BCUT2D eigenvalue weighted by atomic mass is 32.1. The number of nitrogens with zero attached hydrogens (tertiary/aromatic N) is 3. The summed E-state index contributed by atoms with van der Waals surface area (Å²) in [6.07, 6.45) is 7.33. The maximum Gasteiger partial charge on any atom is 0.0998 e. The molecule has 0 aliphatic heterocycles. The molecule has 1 aliphatic rings. The number of aromatic nitrogens is 2. The van der Waals surface area contributed by atoms with Crippen molar-refractivity contribution in [3.05, 3.63) is 76.6 Å². The Hall–Kier alpha value is -2.77. The fourth-order valence-electron chi connectivity index (χ4n) is 3.79. The van der Waals surface area contributed by atoms with Gasteiger partial charge >= 0.3 is 0 Å². The molecule has 3 nitrogen and oxygen atoms in total. The molecule has 27 heavy (non-hydrogen) atoms. The molecule has 2 heterocycles. The Kier molecular flexibility index (Phi) is 4.87. The predicted octanol–water partition coefficient (Wildman–Crippen LogP) is 5.70. The molecule has 0 spiro atoms. The summed E-state index contributed by atoms with van der Waals surface area (Å²) in [4.78, 5) is 4.59. The van der Waals surface area contributed by atoms with E-state index in [4.69, 9.17) is 0 Å². The van der Waals surface area contributed by atoms with Crippen molar-refractivity contribution in [2.75, 3.05) is 0 Å². The van der Waals surface area contributed by atoms with Crippen molar-refractivity contribution in [2.24, 2.45) is 11.8 Å². The van der Waals surface area contributed by atoms with Crippen LogP contribution < -0.4 is 0 Å². The highest BCUT2D eigenvalue weighted by Crippen LogP contribution is 2.40. The van der Waals surface area contributed by atoms with Gasteiger partial charge in [0, 0.05) is 28.6 Å². The fraction of sp³-hybridized carbons (Fsp3) is 0.261. The first-order chi connectivity index (χ1) is 13.2. The van der Waals surface area contributed by atoms with Gasteiger partial charge in [0.25, 0.3) is 0 Å². The van der Waals surface area contributed by atoms with Gasteiger partial charge in [0.05, 0.1) is 23.0 Å². The second-order valence-electron chi connectivity index (χ2n) is 7.28. The second-order valence-corrected chi connectivity index (χ2v) is 7.91. The topological polar surface area (TPSA) is 49.6 Å². The third-order valence-electron chi connectivity index (χ3n) is 5.62. The molecule has 3 aromatic rings. The van der Waals surface area contributed by atoms with E-state index in [2.05, 4.69) is 46.8 Å². The molecule has 0 saturated heterocycles. The summed E-state index contributed by atoms with van der Waals surface area (Å²) in [6.45, 7) is 4.64. The molecule has 0 unspecified atom stereocenters. The standard InChI is InChI=1S/C23H21N3S/c1-15-11-19-14-27-26-23(19)21(16(15)2)10-9-20-8-7-18(13-25-20)22-6-4-3-5-17(22)12-24/h3-10,13-16,21H,11H2,1-2H3/b10-9+/t15-,16+,21-/m0/s1. The average molecular weight is 372 g/mol. The quantitative estimate of drug-likeness (QED) is 0.593. The lowest BCUT2D eigenvalue weighted by molar-refractivity contribution is 0.329. The molecular weight excluding hydrogens is 350 g/mol. The van der Waals surface area contributed by atoms with Crippen LogP contribution in [0.1, 0.15) is 42.3 Å². The van der Waals surface area contributed by atoms with Crippen molar-refractivity contribution in [3.63, 3.8) is 0 Å². The zero-order valence-corrected chi connectivity index (χ0v) is 16.3. The van der Waals surface area contributed by atoms with Crippen molar-refractivity contribution < 1.29 is 0 Å². The molecule has 0 radical (unpaired) electrons. The first-order valence-electron chi connectivity index (χ1n) is 9.24. The van der Waals surface area contributed by atoms with Crippen molar-refractivity contribution in [1.29, 1.82) is 5.26 Å². The number of allylic oxidation sites excluding steroid dienone is 1. The summed E-state index contributed by atoms with van der Waals surface area (Å²) in [5.41, 5.74) is 6.12. The number of hydrogen-bond donors (Lipinski definition) is 0. The summed E-state index contributed by atoms with van der Waals surface area (Å²) >= 11 is 1.56. The molecular formula is C23H21N3S. The minimum Gasteiger partial charge on any atom is -0.256 e. The molecule has 2 aromatic heterocycles. The van der Waals surface area contributed by atoms with E-state index < -0.39 is 0 Å².